The van der Waals surface area contributed by atoms with E-state index in [4.69, 9.17) is 9.47 Å². The van der Waals surface area contributed by atoms with E-state index < -0.39 is 5.82 Å². The molecule has 9 nitrogen and oxygen atoms in total. The number of aromatic nitrogens is 5. The summed E-state index contributed by atoms with van der Waals surface area (Å²) in [7, 11) is 0. The summed E-state index contributed by atoms with van der Waals surface area (Å²) in [6.45, 7) is 6.49. The molecule has 1 amide bonds. The first kappa shape index (κ1) is 20.7. The number of hydrogen-bond donors (Lipinski definition) is 1. The van der Waals surface area contributed by atoms with Gasteiger partial charge in [-0.15, -0.1) is 5.10 Å². The number of nitrogens with zero attached hydrogens (tertiary/aromatic N) is 5. The van der Waals surface area contributed by atoms with E-state index in [-0.39, 0.29) is 11.6 Å². The maximum atomic E-state index is 14.3. The van der Waals surface area contributed by atoms with Gasteiger partial charge >= 0.3 is 0 Å². The molecule has 4 aromatic rings. The van der Waals surface area contributed by atoms with Crippen LogP contribution in [0.15, 0.2) is 42.5 Å². The molecule has 1 aliphatic rings. The topological polar surface area (TPSA) is 96.1 Å². The molecule has 1 aliphatic heterocycles. The van der Waals surface area contributed by atoms with Crippen LogP contribution in [0, 0.1) is 26.6 Å². The number of ether oxygens (including phenoxy) is 2. The summed E-state index contributed by atoms with van der Waals surface area (Å²) in [5.74, 6) is 1.00. The fourth-order valence-corrected chi connectivity index (χ4v) is 3.97. The second kappa shape index (κ2) is 8.05. The molecule has 0 bridgehead atoms. The van der Waals surface area contributed by atoms with Crippen LogP contribution in [0.3, 0.4) is 0 Å². The second-order valence-electron chi connectivity index (χ2n) is 7.71. The van der Waals surface area contributed by atoms with Crippen molar-refractivity contribution in [2.45, 2.75) is 20.8 Å². The van der Waals surface area contributed by atoms with Crippen molar-refractivity contribution in [2.75, 3.05) is 18.5 Å². The molecule has 0 saturated carbocycles. The van der Waals surface area contributed by atoms with Crippen molar-refractivity contribution in [1.29, 1.82) is 0 Å². The lowest BCUT2D eigenvalue weighted by Crippen LogP contribution is -2.16. The first-order valence-corrected chi connectivity index (χ1v) is 10.4. The van der Waals surface area contributed by atoms with E-state index in [1.807, 2.05) is 42.7 Å². The van der Waals surface area contributed by atoms with Gasteiger partial charge in [0.1, 0.15) is 24.7 Å². The van der Waals surface area contributed by atoms with Crippen LogP contribution in [0.5, 0.6) is 11.5 Å². The third kappa shape index (κ3) is 3.69. The van der Waals surface area contributed by atoms with Gasteiger partial charge in [0.2, 0.25) is 0 Å². The Hall–Kier alpha value is -4.21. The molecular formula is C23H21FN6O3. The van der Waals surface area contributed by atoms with Crippen molar-refractivity contribution in [3.05, 3.63) is 71.1 Å². The number of benzene rings is 2. The highest BCUT2D eigenvalue weighted by atomic mass is 19.1. The van der Waals surface area contributed by atoms with E-state index in [1.54, 1.807) is 6.92 Å². The number of aryl methyl sites for hydroxylation is 2. The summed E-state index contributed by atoms with van der Waals surface area (Å²) in [6.07, 6.45) is 0. The number of anilines is 1. The maximum absolute atomic E-state index is 14.3. The van der Waals surface area contributed by atoms with Crippen molar-refractivity contribution < 1.29 is 18.7 Å². The number of nitrogens with one attached hydrogen (secondary N) is 1. The molecule has 0 fully saturated rings. The molecule has 1 N–H and O–H groups in total. The van der Waals surface area contributed by atoms with Crippen LogP contribution in [0.25, 0.3) is 11.4 Å². The van der Waals surface area contributed by atoms with Gasteiger partial charge in [-0.05, 0) is 67.6 Å². The largest absolute Gasteiger partial charge is 0.486 e. The number of fused-ring (bicyclic) bond motifs is 1. The Morgan fingerprint density at radius 3 is 2.58 bits per heavy atom. The maximum Gasteiger partial charge on any atom is 0.257 e. The Kier molecular flexibility index (Phi) is 5.04. The summed E-state index contributed by atoms with van der Waals surface area (Å²) in [4.78, 5) is 13.1. The van der Waals surface area contributed by atoms with Crippen LogP contribution in [0.2, 0.25) is 0 Å². The number of amides is 1. The SMILES string of the molecule is Cc1nnnn1-c1cc(NC(=O)c2cc(C)n(-c3ccc4c(c3)OCCO4)c2C)ccc1F. The fraction of sp³-hybridized carbons (Fsp3) is 0.217. The molecular weight excluding hydrogens is 427 g/mol. The summed E-state index contributed by atoms with van der Waals surface area (Å²) in [5.41, 5.74) is 3.60. The lowest BCUT2D eigenvalue weighted by Gasteiger charge is -2.20. The third-order valence-electron chi connectivity index (χ3n) is 5.52. The van der Waals surface area contributed by atoms with Crippen molar-refractivity contribution in [2.24, 2.45) is 0 Å². The zero-order chi connectivity index (χ0) is 23.1. The molecule has 0 atom stereocenters. The second-order valence-corrected chi connectivity index (χ2v) is 7.71. The minimum absolute atomic E-state index is 0.150. The summed E-state index contributed by atoms with van der Waals surface area (Å²) in [5, 5.41) is 14.0. The van der Waals surface area contributed by atoms with Gasteiger partial charge in [-0.3, -0.25) is 4.79 Å². The van der Waals surface area contributed by atoms with E-state index in [0.29, 0.717) is 41.8 Å². The Labute approximate surface area is 188 Å². The van der Waals surface area contributed by atoms with Crippen molar-refractivity contribution in [1.82, 2.24) is 24.8 Å². The lowest BCUT2D eigenvalue weighted by atomic mass is 10.2. The number of tetrazole rings is 1. The van der Waals surface area contributed by atoms with Crippen molar-refractivity contribution >= 4 is 11.6 Å². The van der Waals surface area contributed by atoms with Crippen LogP contribution in [-0.4, -0.2) is 43.9 Å². The molecule has 0 radical (unpaired) electrons. The van der Waals surface area contributed by atoms with Gasteiger partial charge in [0.15, 0.2) is 17.3 Å². The van der Waals surface area contributed by atoms with Crippen LogP contribution in [0.4, 0.5) is 10.1 Å². The average Bonchev–Trinajstić information content (AvgIpc) is 3.36. The molecule has 2 aromatic heterocycles. The van der Waals surface area contributed by atoms with E-state index in [1.165, 1.54) is 22.9 Å². The number of halogens is 1. The number of carbonyl (C=O) groups excluding carboxylic acids is 1. The highest BCUT2D eigenvalue weighted by molar-refractivity contribution is 6.05. The highest BCUT2D eigenvalue weighted by Crippen LogP contribution is 2.33. The first-order valence-electron chi connectivity index (χ1n) is 10.4. The molecule has 10 heteroatoms. The van der Waals surface area contributed by atoms with Crippen molar-refractivity contribution in [3.63, 3.8) is 0 Å². The predicted molar refractivity (Wildman–Crippen MR) is 118 cm³/mol. The van der Waals surface area contributed by atoms with E-state index >= 15 is 0 Å². The summed E-state index contributed by atoms with van der Waals surface area (Å²) in [6, 6.07) is 11.8. The Bertz CT molecular complexity index is 1380. The van der Waals surface area contributed by atoms with Crippen LogP contribution >= 0.6 is 0 Å². The standard InChI is InChI=1S/C23H21FN6O3/c1-13-10-18(14(2)29(13)17-5-7-21-22(12-17)33-9-8-32-21)23(31)25-16-4-6-19(24)20(11-16)30-15(3)26-27-28-30/h4-7,10-12H,8-9H2,1-3H3,(H,25,31). The molecule has 3 heterocycles. The third-order valence-corrected chi connectivity index (χ3v) is 5.52. The highest BCUT2D eigenvalue weighted by Gasteiger charge is 2.20. The Morgan fingerprint density at radius 1 is 1.03 bits per heavy atom. The molecule has 5 rings (SSSR count). The summed E-state index contributed by atoms with van der Waals surface area (Å²) >= 11 is 0. The fourth-order valence-electron chi connectivity index (χ4n) is 3.97. The molecule has 2 aromatic carbocycles. The number of carbonyl (C=O) groups is 1. The van der Waals surface area contributed by atoms with Gasteiger partial charge in [-0.25, -0.2) is 4.39 Å². The zero-order valence-electron chi connectivity index (χ0n) is 18.3. The molecule has 0 saturated heterocycles. The van der Waals surface area contributed by atoms with Crippen LogP contribution in [-0.2, 0) is 0 Å². The molecule has 0 aliphatic carbocycles. The monoisotopic (exact) mass is 448 g/mol. The van der Waals surface area contributed by atoms with Gasteiger partial charge in [0.05, 0.1) is 5.56 Å². The van der Waals surface area contributed by atoms with E-state index in [2.05, 4.69) is 20.8 Å². The smallest absolute Gasteiger partial charge is 0.257 e. The number of rotatable bonds is 4. The van der Waals surface area contributed by atoms with Crippen LogP contribution in [0.1, 0.15) is 27.6 Å². The van der Waals surface area contributed by atoms with Crippen molar-refractivity contribution in [3.8, 4) is 22.9 Å². The number of hydrogen-bond acceptors (Lipinski definition) is 6. The minimum Gasteiger partial charge on any atom is -0.486 e. The van der Waals surface area contributed by atoms with Gasteiger partial charge in [-0.1, -0.05) is 0 Å². The molecule has 168 valence electrons. The van der Waals surface area contributed by atoms with E-state index in [0.717, 1.165) is 17.1 Å². The van der Waals surface area contributed by atoms with Gasteiger partial charge < -0.3 is 19.4 Å². The molecule has 0 unspecified atom stereocenters. The quantitative estimate of drug-likeness (QED) is 0.513. The van der Waals surface area contributed by atoms with Gasteiger partial charge in [-0.2, -0.15) is 4.68 Å². The van der Waals surface area contributed by atoms with Crippen LogP contribution < -0.4 is 14.8 Å². The Morgan fingerprint density at radius 2 is 1.82 bits per heavy atom. The first-order chi connectivity index (χ1) is 15.9. The van der Waals surface area contributed by atoms with Gasteiger partial charge in [0.25, 0.3) is 5.91 Å². The average molecular weight is 448 g/mol. The Balaban J connectivity index is 1.44. The molecule has 0 spiro atoms. The minimum atomic E-state index is -0.500. The normalized spacial score (nSPS) is 12.6. The lowest BCUT2D eigenvalue weighted by molar-refractivity contribution is 0.102. The zero-order valence-corrected chi connectivity index (χ0v) is 18.3. The summed E-state index contributed by atoms with van der Waals surface area (Å²) < 4.78 is 28.9. The molecule has 33 heavy (non-hydrogen) atoms. The predicted octanol–water partition coefficient (Wildman–Crippen LogP) is 3.54. The van der Waals surface area contributed by atoms with Gasteiger partial charge in [0, 0.05) is 28.8 Å². The van der Waals surface area contributed by atoms with E-state index in [9.17, 15) is 9.18 Å².